The molecule has 0 unspecified atom stereocenters. The van der Waals surface area contributed by atoms with E-state index in [1.807, 2.05) is 0 Å². The van der Waals surface area contributed by atoms with Crippen LogP contribution in [0.2, 0.25) is 10.0 Å². The lowest BCUT2D eigenvalue weighted by molar-refractivity contribution is 0.135. The van der Waals surface area contributed by atoms with Crippen LogP contribution in [0.15, 0.2) is 29.1 Å². The molecular formula is C16H15Cl2F2N5O. The number of aryl methyl sites for hydroxylation is 1. The summed E-state index contributed by atoms with van der Waals surface area (Å²) in [4.78, 5) is 19.3. The van der Waals surface area contributed by atoms with Crippen molar-refractivity contribution in [1.29, 1.82) is 0 Å². The number of halogens is 4. The molecule has 0 aliphatic rings. The van der Waals surface area contributed by atoms with Crippen LogP contribution in [0, 0.1) is 0 Å². The number of hydrogen-bond donors (Lipinski definition) is 2. The van der Waals surface area contributed by atoms with Crippen LogP contribution in [-0.4, -0.2) is 26.0 Å². The fourth-order valence-electron chi connectivity index (χ4n) is 2.43. The van der Waals surface area contributed by atoms with Crippen LogP contribution >= 0.6 is 23.2 Å². The summed E-state index contributed by atoms with van der Waals surface area (Å²) in [5, 5.41) is 8.11. The maximum absolute atomic E-state index is 12.2. The van der Waals surface area contributed by atoms with Crippen LogP contribution in [0.4, 0.5) is 14.7 Å². The Morgan fingerprint density at radius 1 is 1.27 bits per heavy atom. The van der Waals surface area contributed by atoms with Gasteiger partial charge in [-0.3, -0.25) is 4.79 Å². The molecule has 0 spiro atoms. The molecule has 0 aliphatic heterocycles. The van der Waals surface area contributed by atoms with Crippen molar-refractivity contribution in [3.8, 4) is 0 Å². The van der Waals surface area contributed by atoms with Crippen molar-refractivity contribution in [2.75, 3.05) is 5.32 Å². The van der Waals surface area contributed by atoms with Crippen molar-refractivity contribution in [2.45, 2.75) is 32.2 Å². The summed E-state index contributed by atoms with van der Waals surface area (Å²) >= 11 is 12.0. The van der Waals surface area contributed by atoms with Crippen LogP contribution in [-0.2, 0) is 13.0 Å². The molecule has 0 amide bonds. The first-order valence-corrected chi connectivity index (χ1v) is 8.63. The maximum atomic E-state index is 12.2. The lowest BCUT2D eigenvalue weighted by atomic mass is 10.2. The zero-order valence-corrected chi connectivity index (χ0v) is 15.0. The summed E-state index contributed by atoms with van der Waals surface area (Å²) in [6.45, 7) is 0.350. The second-order valence-electron chi connectivity index (χ2n) is 5.68. The molecule has 3 aromatic rings. The van der Waals surface area contributed by atoms with Gasteiger partial charge < -0.3 is 10.3 Å². The van der Waals surface area contributed by atoms with E-state index in [2.05, 4.69) is 20.4 Å². The molecule has 138 valence electrons. The molecule has 0 fully saturated rings. The summed E-state index contributed by atoms with van der Waals surface area (Å²) in [5.74, 6) is 0.489. The van der Waals surface area contributed by atoms with E-state index in [4.69, 9.17) is 23.2 Å². The highest BCUT2D eigenvalue weighted by molar-refractivity contribution is 6.35. The van der Waals surface area contributed by atoms with E-state index in [0.29, 0.717) is 28.7 Å². The van der Waals surface area contributed by atoms with Crippen LogP contribution in [0.1, 0.15) is 24.1 Å². The van der Waals surface area contributed by atoms with Gasteiger partial charge in [-0.2, -0.15) is 9.50 Å². The van der Waals surface area contributed by atoms with Crippen molar-refractivity contribution in [3.05, 3.63) is 55.9 Å². The van der Waals surface area contributed by atoms with Gasteiger partial charge in [-0.1, -0.05) is 29.3 Å². The Kier molecular flexibility index (Phi) is 5.73. The number of aromatic amines is 1. The number of benzene rings is 1. The number of rotatable bonds is 7. The molecule has 0 aliphatic carbocycles. The molecule has 3 rings (SSSR count). The largest absolute Gasteiger partial charge is 0.349 e. The molecule has 0 saturated carbocycles. The quantitative estimate of drug-likeness (QED) is 0.628. The van der Waals surface area contributed by atoms with Gasteiger partial charge in [0.1, 0.15) is 0 Å². The third-order valence-electron chi connectivity index (χ3n) is 3.71. The molecule has 1 aromatic carbocycles. The van der Waals surface area contributed by atoms with E-state index in [9.17, 15) is 13.6 Å². The fraction of sp³-hybridized carbons (Fsp3) is 0.312. The van der Waals surface area contributed by atoms with Gasteiger partial charge in [0, 0.05) is 34.8 Å². The van der Waals surface area contributed by atoms with Crippen LogP contribution in [0.3, 0.4) is 0 Å². The molecule has 0 bridgehead atoms. The van der Waals surface area contributed by atoms with E-state index in [1.54, 1.807) is 18.2 Å². The highest BCUT2D eigenvalue weighted by atomic mass is 35.5. The minimum Gasteiger partial charge on any atom is -0.349 e. The van der Waals surface area contributed by atoms with Gasteiger partial charge >= 0.3 is 0 Å². The van der Waals surface area contributed by atoms with Crippen LogP contribution < -0.4 is 10.9 Å². The summed E-state index contributed by atoms with van der Waals surface area (Å²) in [5.41, 5.74) is 0.965. The van der Waals surface area contributed by atoms with E-state index >= 15 is 0 Å². The Hall–Kier alpha value is -2.19. The van der Waals surface area contributed by atoms with Gasteiger partial charge in [0.05, 0.1) is 0 Å². The molecule has 0 atom stereocenters. The van der Waals surface area contributed by atoms with Gasteiger partial charge in [0.2, 0.25) is 18.2 Å². The lowest BCUT2D eigenvalue weighted by Crippen LogP contribution is -2.16. The molecule has 0 radical (unpaired) electrons. The highest BCUT2D eigenvalue weighted by Gasteiger charge is 2.10. The van der Waals surface area contributed by atoms with Crippen LogP contribution in [0.25, 0.3) is 5.78 Å². The van der Waals surface area contributed by atoms with Crippen LogP contribution in [0.5, 0.6) is 0 Å². The number of alkyl halides is 2. The molecule has 2 aromatic heterocycles. The zero-order chi connectivity index (χ0) is 18.7. The molecular weight excluding hydrogens is 387 g/mol. The van der Waals surface area contributed by atoms with Crippen molar-refractivity contribution < 1.29 is 8.78 Å². The van der Waals surface area contributed by atoms with Gasteiger partial charge in [-0.15, -0.1) is 5.10 Å². The lowest BCUT2D eigenvalue weighted by Gasteiger charge is -2.04. The van der Waals surface area contributed by atoms with E-state index < -0.39 is 6.43 Å². The van der Waals surface area contributed by atoms with Crippen molar-refractivity contribution in [1.82, 2.24) is 19.6 Å². The van der Waals surface area contributed by atoms with Crippen molar-refractivity contribution >= 4 is 34.9 Å². The van der Waals surface area contributed by atoms with Gasteiger partial charge in [0.25, 0.3) is 5.56 Å². The topological polar surface area (TPSA) is 75.1 Å². The van der Waals surface area contributed by atoms with E-state index in [0.717, 1.165) is 10.1 Å². The number of aromatic nitrogens is 4. The Morgan fingerprint density at radius 3 is 2.81 bits per heavy atom. The first-order chi connectivity index (χ1) is 12.4. The Labute approximate surface area is 157 Å². The SMILES string of the molecule is O=c1cc(CCCC(F)F)[nH]c2nc(NCc3ccc(Cl)cc3Cl)nn12. The third-order valence-corrected chi connectivity index (χ3v) is 4.29. The highest BCUT2D eigenvalue weighted by Crippen LogP contribution is 2.21. The first kappa shape index (κ1) is 18.6. The summed E-state index contributed by atoms with van der Waals surface area (Å²) < 4.78 is 25.6. The first-order valence-electron chi connectivity index (χ1n) is 7.87. The number of anilines is 1. The van der Waals surface area contributed by atoms with Crippen molar-refractivity contribution in [2.24, 2.45) is 0 Å². The number of fused-ring (bicyclic) bond motifs is 1. The average Bonchev–Trinajstić information content (AvgIpc) is 2.97. The minimum absolute atomic E-state index is 0.214. The number of nitrogens with one attached hydrogen (secondary N) is 2. The predicted molar refractivity (Wildman–Crippen MR) is 96.3 cm³/mol. The number of nitrogens with zero attached hydrogens (tertiary/aromatic N) is 3. The van der Waals surface area contributed by atoms with Gasteiger partial charge in [0.15, 0.2) is 0 Å². The van der Waals surface area contributed by atoms with Gasteiger partial charge in [-0.25, -0.2) is 8.78 Å². The molecule has 26 heavy (non-hydrogen) atoms. The molecule has 10 heteroatoms. The smallest absolute Gasteiger partial charge is 0.275 e. The van der Waals surface area contributed by atoms with E-state index in [1.165, 1.54) is 6.07 Å². The molecule has 0 saturated heterocycles. The summed E-state index contributed by atoms with van der Waals surface area (Å²) in [6.07, 6.45) is -1.95. The molecule has 2 heterocycles. The normalized spacial score (nSPS) is 11.4. The maximum Gasteiger partial charge on any atom is 0.275 e. The number of hydrogen-bond acceptors (Lipinski definition) is 4. The third kappa shape index (κ3) is 4.50. The van der Waals surface area contributed by atoms with Crippen molar-refractivity contribution in [3.63, 3.8) is 0 Å². The second kappa shape index (κ2) is 8.01. The number of H-pyrrole nitrogens is 1. The molecule has 6 nitrogen and oxygen atoms in total. The summed E-state index contributed by atoms with van der Waals surface area (Å²) in [6, 6.07) is 6.47. The van der Waals surface area contributed by atoms with E-state index in [-0.39, 0.29) is 30.1 Å². The minimum atomic E-state index is -2.35. The standard InChI is InChI=1S/C16H15Cl2F2N5O/c17-10-5-4-9(12(18)6-10)8-21-15-23-16-22-11(2-1-3-13(19)20)7-14(26)25(16)24-15/h4-7,13H,1-3,8H2,(H2,21,22,23,24). The fourth-order valence-corrected chi connectivity index (χ4v) is 2.91. The Balaban J connectivity index is 1.74. The predicted octanol–water partition coefficient (Wildman–Crippen LogP) is 3.92. The second-order valence-corrected chi connectivity index (χ2v) is 6.52. The van der Waals surface area contributed by atoms with Gasteiger partial charge in [-0.05, 0) is 30.5 Å². The summed E-state index contributed by atoms with van der Waals surface area (Å²) in [7, 11) is 0. The monoisotopic (exact) mass is 401 g/mol. The molecule has 2 N–H and O–H groups in total. The Morgan fingerprint density at radius 2 is 2.08 bits per heavy atom. The zero-order valence-electron chi connectivity index (χ0n) is 13.5. The average molecular weight is 402 g/mol. The Bertz CT molecular complexity index is 973.